The Labute approximate surface area is 144 Å². The quantitative estimate of drug-likeness (QED) is 0.807. The molecule has 2 aromatic rings. The predicted molar refractivity (Wildman–Crippen MR) is 87.7 cm³/mol. The lowest BCUT2D eigenvalue weighted by Crippen LogP contribution is -2.28. The highest BCUT2D eigenvalue weighted by Crippen LogP contribution is 2.32. The smallest absolute Gasteiger partial charge is 0.341 e. The van der Waals surface area contributed by atoms with E-state index >= 15 is 0 Å². The van der Waals surface area contributed by atoms with Crippen LogP contribution in [0.1, 0.15) is 15.9 Å². The number of benzene rings is 2. The minimum Gasteiger partial charge on any atom is -0.483 e. The molecular formula is C18H17NO6. The molecule has 3 rings (SSSR count). The summed E-state index contributed by atoms with van der Waals surface area (Å²) in [4.78, 5) is 23.6. The minimum atomic E-state index is -0.517. The van der Waals surface area contributed by atoms with Gasteiger partial charge in [0.25, 0.3) is 5.91 Å². The maximum atomic E-state index is 12.0. The van der Waals surface area contributed by atoms with E-state index in [1.54, 1.807) is 30.3 Å². The van der Waals surface area contributed by atoms with Crippen molar-refractivity contribution in [3.05, 3.63) is 53.6 Å². The third-order valence-electron chi connectivity index (χ3n) is 3.58. The summed E-state index contributed by atoms with van der Waals surface area (Å²) in [6.07, 6.45) is 0. The SMILES string of the molecule is COC(=O)c1ccccc1OCC(=O)NCc1ccc2c(c1)OCO2. The van der Waals surface area contributed by atoms with E-state index in [1.165, 1.54) is 7.11 Å². The van der Waals surface area contributed by atoms with Gasteiger partial charge in [-0.3, -0.25) is 4.79 Å². The summed E-state index contributed by atoms with van der Waals surface area (Å²) in [6, 6.07) is 12.1. The number of esters is 1. The number of para-hydroxylation sites is 1. The summed E-state index contributed by atoms with van der Waals surface area (Å²) in [6.45, 7) is 0.328. The molecule has 0 aliphatic carbocycles. The van der Waals surface area contributed by atoms with Crippen LogP contribution in [0, 0.1) is 0 Å². The molecule has 1 heterocycles. The average Bonchev–Trinajstić information content (AvgIpc) is 3.12. The van der Waals surface area contributed by atoms with E-state index in [2.05, 4.69) is 10.1 Å². The maximum Gasteiger partial charge on any atom is 0.341 e. The largest absolute Gasteiger partial charge is 0.483 e. The molecule has 1 amide bonds. The normalized spacial score (nSPS) is 11.7. The number of fused-ring (bicyclic) bond motifs is 1. The van der Waals surface area contributed by atoms with Gasteiger partial charge in [0, 0.05) is 6.54 Å². The Morgan fingerprint density at radius 2 is 1.92 bits per heavy atom. The molecule has 0 atom stereocenters. The van der Waals surface area contributed by atoms with Crippen LogP contribution < -0.4 is 19.5 Å². The third kappa shape index (κ3) is 4.00. The number of carbonyl (C=O) groups excluding carboxylic acids is 2. The molecule has 0 unspecified atom stereocenters. The lowest BCUT2D eigenvalue weighted by Gasteiger charge is -2.10. The van der Waals surface area contributed by atoms with Gasteiger partial charge < -0.3 is 24.3 Å². The van der Waals surface area contributed by atoms with Crippen LogP contribution in [0.4, 0.5) is 0 Å². The fourth-order valence-corrected chi connectivity index (χ4v) is 2.32. The third-order valence-corrected chi connectivity index (χ3v) is 3.58. The van der Waals surface area contributed by atoms with E-state index in [4.69, 9.17) is 14.2 Å². The Hall–Kier alpha value is -3.22. The van der Waals surface area contributed by atoms with Crippen molar-refractivity contribution < 1.29 is 28.5 Å². The van der Waals surface area contributed by atoms with Gasteiger partial charge in [0.1, 0.15) is 11.3 Å². The van der Waals surface area contributed by atoms with E-state index in [0.29, 0.717) is 23.8 Å². The Bertz CT molecular complexity index is 789. The molecule has 0 saturated heterocycles. The number of ether oxygens (including phenoxy) is 4. The Morgan fingerprint density at radius 1 is 1.12 bits per heavy atom. The van der Waals surface area contributed by atoms with Crippen LogP contribution >= 0.6 is 0 Å². The molecule has 0 radical (unpaired) electrons. The molecule has 0 bridgehead atoms. The van der Waals surface area contributed by atoms with E-state index in [1.807, 2.05) is 12.1 Å². The molecule has 1 aliphatic rings. The lowest BCUT2D eigenvalue weighted by atomic mass is 10.2. The number of methoxy groups -OCH3 is 1. The highest BCUT2D eigenvalue weighted by Gasteiger charge is 2.15. The van der Waals surface area contributed by atoms with Crippen LogP contribution in [0.5, 0.6) is 17.2 Å². The molecule has 7 nitrogen and oxygen atoms in total. The second kappa shape index (κ2) is 7.57. The van der Waals surface area contributed by atoms with Crippen LogP contribution in [0.3, 0.4) is 0 Å². The van der Waals surface area contributed by atoms with E-state index in [9.17, 15) is 9.59 Å². The molecule has 1 N–H and O–H groups in total. The van der Waals surface area contributed by atoms with Crippen molar-refractivity contribution >= 4 is 11.9 Å². The zero-order valence-electron chi connectivity index (χ0n) is 13.6. The second-order valence-corrected chi connectivity index (χ2v) is 5.24. The molecule has 25 heavy (non-hydrogen) atoms. The highest BCUT2D eigenvalue weighted by atomic mass is 16.7. The van der Waals surface area contributed by atoms with Crippen molar-refractivity contribution in [1.29, 1.82) is 0 Å². The molecule has 0 fully saturated rings. The number of nitrogens with one attached hydrogen (secondary N) is 1. The molecule has 7 heteroatoms. The number of hydrogen-bond donors (Lipinski definition) is 1. The van der Waals surface area contributed by atoms with Gasteiger partial charge in [-0.05, 0) is 29.8 Å². The Balaban J connectivity index is 1.53. The first-order valence-electron chi connectivity index (χ1n) is 7.63. The topological polar surface area (TPSA) is 83.1 Å². The molecule has 0 saturated carbocycles. The van der Waals surface area contributed by atoms with Gasteiger partial charge in [0.05, 0.1) is 7.11 Å². The van der Waals surface area contributed by atoms with Crippen molar-refractivity contribution in [2.24, 2.45) is 0 Å². The molecule has 0 spiro atoms. The number of carbonyl (C=O) groups is 2. The van der Waals surface area contributed by atoms with Gasteiger partial charge in [0.2, 0.25) is 6.79 Å². The van der Waals surface area contributed by atoms with Crippen LogP contribution in [-0.2, 0) is 16.1 Å². The summed E-state index contributed by atoms with van der Waals surface area (Å²) in [5, 5.41) is 2.75. The van der Waals surface area contributed by atoms with Gasteiger partial charge in [-0.25, -0.2) is 4.79 Å². The summed E-state index contributed by atoms with van der Waals surface area (Å²) in [5.41, 5.74) is 1.15. The summed E-state index contributed by atoms with van der Waals surface area (Å²) in [7, 11) is 1.29. The monoisotopic (exact) mass is 343 g/mol. The fourth-order valence-electron chi connectivity index (χ4n) is 2.32. The van der Waals surface area contributed by atoms with Crippen LogP contribution in [0.25, 0.3) is 0 Å². The first-order valence-corrected chi connectivity index (χ1v) is 7.63. The summed E-state index contributed by atoms with van der Waals surface area (Å²) >= 11 is 0. The standard InChI is InChI=1S/C18H17NO6/c1-22-18(21)13-4-2-3-5-14(13)23-10-17(20)19-9-12-6-7-15-16(8-12)25-11-24-15/h2-8H,9-11H2,1H3,(H,19,20). The first kappa shape index (κ1) is 16.6. The zero-order chi connectivity index (χ0) is 17.6. The van der Waals surface area contributed by atoms with Gasteiger partial charge in [-0.15, -0.1) is 0 Å². The molecule has 1 aliphatic heterocycles. The number of rotatable bonds is 6. The van der Waals surface area contributed by atoms with Crippen molar-refractivity contribution in [2.75, 3.05) is 20.5 Å². The van der Waals surface area contributed by atoms with Gasteiger partial charge >= 0.3 is 5.97 Å². The molecule has 2 aromatic carbocycles. The zero-order valence-corrected chi connectivity index (χ0v) is 13.6. The molecular weight excluding hydrogens is 326 g/mol. The second-order valence-electron chi connectivity index (χ2n) is 5.24. The van der Waals surface area contributed by atoms with Crippen LogP contribution in [0.2, 0.25) is 0 Å². The van der Waals surface area contributed by atoms with Gasteiger partial charge in [-0.2, -0.15) is 0 Å². The van der Waals surface area contributed by atoms with Crippen molar-refractivity contribution in [3.63, 3.8) is 0 Å². The Morgan fingerprint density at radius 3 is 2.76 bits per heavy atom. The Kier molecular flexibility index (Phi) is 5.03. The lowest BCUT2D eigenvalue weighted by molar-refractivity contribution is -0.123. The average molecular weight is 343 g/mol. The summed E-state index contributed by atoms with van der Waals surface area (Å²) in [5.74, 6) is 0.828. The minimum absolute atomic E-state index is 0.207. The first-order chi connectivity index (χ1) is 12.2. The number of hydrogen-bond acceptors (Lipinski definition) is 6. The highest BCUT2D eigenvalue weighted by molar-refractivity contribution is 5.92. The van der Waals surface area contributed by atoms with Gasteiger partial charge in [0.15, 0.2) is 18.1 Å². The fraction of sp³-hybridized carbons (Fsp3) is 0.222. The van der Waals surface area contributed by atoms with Crippen molar-refractivity contribution in [3.8, 4) is 17.2 Å². The molecule has 130 valence electrons. The van der Waals surface area contributed by atoms with Crippen molar-refractivity contribution in [2.45, 2.75) is 6.54 Å². The predicted octanol–water partition coefficient (Wildman–Crippen LogP) is 1.90. The van der Waals surface area contributed by atoms with Crippen molar-refractivity contribution in [1.82, 2.24) is 5.32 Å². The molecule has 0 aromatic heterocycles. The van der Waals surface area contributed by atoms with Crippen LogP contribution in [-0.4, -0.2) is 32.4 Å². The van der Waals surface area contributed by atoms with E-state index in [-0.39, 0.29) is 24.9 Å². The van der Waals surface area contributed by atoms with Gasteiger partial charge in [-0.1, -0.05) is 18.2 Å². The number of amides is 1. The summed E-state index contributed by atoms with van der Waals surface area (Å²) < 4.78 is 20.6. The van der Waals surface area contributed by atoms with Crippen LogP contribution in [0.15, 0.2) is 42.5 Å². The van der Waals surface area contributed by atoms with E-state index in [0.717, 1.165) is 5.56 Å². The van der Waals surface area contributed by atoms with E-state index < -0.39 is 5.97 Å². The maximum absolute atomic E-state index is 12.0.